The van der Waals surface area contributed by atoms with Crippen LogP contribution in [0.2, 0.25) is 0 Å². The van der Waals surface area contributed by atoms with Crippen molar-refractivity contribution in [2.75, 3.05) is 18.0 Å². The lowest BCUT2D eigenvalue weighted by Crippen LogP contribution is -2.38. The molecular weight excluding hydrogens is 238 g/mol. The number of carbonyl (C=O) groups is 1. The first-order chi connectivity index (χ1) is 8.20. The van der Waals surface area contributed by atoms with Crippen LogP contribution in [0.1, 0.15) is 32.0 Å². The van der Waals surface area contributed by atoms with Gasteiger partial charge in [-0.15, -0.1) is 0 Å². The third-order valence-corrected chi connectivity index (χ3v) is 3.79. The van der Waals surface area contributed by atoms with Crippen LogP contribution in [0, 0.1) is 5.92 Å². The van der Waals surface area contributed by atoms with Gasteiger partial charge in [0.25, 0.3) is 0 Å². The lowest BCUT2D eigenvalue weighted by molar-refractivity contribution is -0.141. The second kappa shape index (κ2) is 5.44. The van der Waals surface area contributed by atoms with Gasteiger partial charge in [0.15, 0.2) is 0 Å². The van der Waals surface area contributed by atoms with Crippen molar-refractivity contribution in [1.29, 1.82) is 0 Å². The average molecular weight is 255 g/mol. The van der Waals surface area contributed by atoms with Crippen molar-refractivity contribution in [1.82, 2.24) is 9.36 Å². The maximum absolute atomic E-state index is 11.0. The van der Waals surface area contributed by atoms with E-state index >= 15 is 0 Å². The van der Waals surface area contributed by atoms with E-state index in [2.05, 4.69) is 21.2 Å². The Balaban J connectivity index is 2.02. The Morgan fingerprint density at radius 1 is 1.65 bits per heavy atom. The molecule has 2 rings (SSSR count). The van der Waals surface area contributed by atoms with Crippen molar-refractivity contribution in [3.63, 3.8) is 0 Å². The highest BCUT2D eigenvalue weighted by Gasteiger charge is 2.27. The molecule has 1 unspecified atom stereocenters. The Kier molecular flexibility index (Phi) is 3.93. The van der Waals surface area contributed by atoms with Crippen LogP contribution in [0.25, 0.3) is 0 Å². The third-order valence-electron chi connectivity index (χ3n) is 2.97. The number of rotatable bonds is 4. The summed E-state index contributed by atoms with van der Waals surface area (Å²) < 4.78 is 4.29. The first-order valence-corrected chi connectivity index (χ1v) is 6.78. The van der Waals surface area contributed by atoms with E-state index in [0.29, 0.717) is 6.54 Å². The first kappa shape index (κ1) is 12.3. The van der Waals surface area contributed by atoms with E-state index in [9.17, 15) is 4.79 Å². The normalized spacial score (nSPS) is 20.5. The molecule has 1 atom stereocenters. The molecule has 1 aromatic rings. The van der Waals surface area contributed by atoms with Crippen LogP contribution < -0.4 is 4.90 Å². The number of hydrogen-bond acceptors (Lipinski definition) is 5. The molecule has 0 radical (unpaired) electrons. The summed E-state index contributed by atoms with van der Waals surface area (Å²) in [6, 6.07) is 0. The monoisotopic (exact) mass is 255 g/mol. The van der Waals surface area contributed by atoms with Crippen LogP contribution in [0.3, 0.4) is 0 Å². The van der Waals surface area contributed by atoms with Gasteiger partial charge in [-0.2, -0.15) is 4.37 Å². The van der Waals surface area contributed by atoms with E-state index in [0.717, 1.165) is 43.2 Å². The van der Waals surface area contributed by atoms with Crippen molar-refractivity contribution in [2.24, 2.45) is 5.92 Å². The number of nitrogens with zero attached hydrogens (tertiary/aromatic N) is 3. The molecule has 5 nitrogen and oxygen atoms in total. The highest BCUT2D eigenvalue weighted by molar-refractivity contribution is 7.09. The molecule has 1 N–H and O–H groups in total. The SMILES string of the molecule is CCCc1nsc(N2CCCC(C(=O)O)C2)n1. The van der Waals surface area contributed by atoms with E-state index in [1.165, 1.54) is 11.5 Å². The van der Waals surface area contributed by atoms with Gasteiger partial charge in [-0.1, -0.05) is 6.92 Å². The summed E-state index contributed by atoms with van der Waals surface area (Å²) in [5.74, 6) is -0.0831. The highest BCUT2D eigenvalue weighted by Crippen LogP contribution is 2.25. The summed E-state index contributed by atoms with van der Waals surface area (Å²) in [6.07, 6.45) is 3.62. The molecule has 1 aliphatic heterocycles. The minimum atomic E-state index is -0.701. The van der Waals surface area contributed by atoms with Crippen LogP contribution in [0.4, 0.5) is 5.13 Å². The van der Waals surface area contributed by atoms with E-state index in [4.69, 9.17) is 5.11 Å². The number of aliphatic carboxylic acids is 1. The molecule has 1 saturated heterocycles. The fourth-order valence-electron chi connectivity index (χ4n) is 2.05. The zero-order valence-electron chi connectivity index (χ0n) is 9.93. The fraction of sp³-hybridized carbons (Fsp3) is 0.727. The van der Waals surface area contributed by atoms with E-state index in [-0.39, 0.29) is 5.92 Å². The van der Waals surface area contributed by atoms with Crippen molar-refractivity contribution < 1.29 is 9.90 Å². The molecule has 2 heterocycles. The van der Waals surface area contributed by atoms with Gasteiger partial charge < -0.3 is 10.0 Å². The lowest BCUT2D eigenvalue weighted by Gasteiger charge is -2.29. The molecule has 1 fully saturated rings. The minimum Gasteiger partial charge on any atom is -0.481 e. The smallest absolute Gasteiger partial charge is 0.308 e. The zero-order chi connectivity index (χ0) is 12.3. The van der Waals surface area contributed by atoms with Gasteiger partial charge in [-0.3, -0.25) is 4.79 Å². The summed E-state index contributed by atoms with van der Waals surface area (Å²) in [6.45, 7) is 3.56. The molecular formula is C11H17N3O2S. The second-order valence-electron chi connectivity index (χ2n) is 4.37. The minimum absolute atomic E-state index is 0.262. The molecule has 0 spiro atoms. The van der Waals surface area contributed by atoms with Gasteiger partial charge in [-0.05, 0) is 19.3 Å². The van der Waals surface area contributed by atoms with E-state index < -0.39 is 5.97 Å². The van der Waals surface area contributed by atoms with Crippen LogP contribution in [-0.2, 0) is 11.2 Å². The number of piperidine rings is 1. The molecule has 6 heteroatoms. The van der Waals surface area contributed by atoms with Gasteiger partial charge in [0.05, 0.1) is 5.92 Å². The molecule has 0 aliphatic carbocycles. The summed E-state index contributed by atoms with van der Waals surface area (Å²) in [5, 5.41) is 9.91. The van der Waals surface area contributed by atoms with Crippen molar-refractivity contribution >= 4 is 22.6 Å². The Morgan fingerprint density at radius 2 is 2.47 bits per heavy atom. The standard InChI is InChI=1S/C11H17N3O2S/c1-2-4-9-12-11(17-13-9)14-6-3-5-8(7-14)10(15)16/h8H,2-7H2,1H3,(H,15,16). The van der Waals surface area contributed by atoms with Crippen molar-refractivity contribution in [3.8, 4) is 0 Å². The van der Waals surface area contributed by atoms with E-state index in [1.54, 1.807) is 0 Å². The number of anilines is 1. The highest BCUT2D eigenvalue weighted by atomic mass is 32.1. The summed E-state index contributed by atoms with van der Waals surface area (Å²) in [4.78, 5) is 17.5. The molecule has 1 aromatic heterocycles. The van der Waals surface area contributed by atoms with Gasteiger partial charge in [0.2, 0.25) is 5.13 Å². The number of aryl methyl sites for hydroxylation is 1. The zero-order valence-corrected chi connectivity index (χ0v) is 10.7. The van der Waals surface area contributed by atoms with Crippen LogP contribution >= 0.6 is 11.5 Å². The molecule has 94 valence electrons. The Labute approximate surface area is 105 Å². The number of hydrogen-bond donors (Lipinski definition) is 1. The molecule has 17 heavy (non-hydrogen) atoms. The molecule has 0 amide bonds. The van der Waals surface area contributed by atoms with E-state index in [1.807, 2.05) is 0 Å². The predicted molar refractivity (Wildman–Crippen MR) is 66.5 cm³/mol. The third kappa shape index (κ3) is 2.94. The Morgan fingerprint density at radius 3 is 3.18 bits per heavy atom. The van der Waals surface area contributed by atoms with Crippen LogP contribution in [-0.4, -0.2) is 33.5 Å². The first-order valence-electron chi connectivity index (χ1n) is 6.01. The Bertz CT molecular complexity index is 394. The summed E-state index contributed by atoms with van der Waals surface area (Å²) in [7, 11) is 0. The Hall–Kier alpha value is -1.17. The summed E-state index contributed by atoms with van der Waals surface area (Å²) in [5.41, 5.74) is 0. The molecule has 0 aromatic carbocycles. The van der Waals surface area contributed by atoms with Gasteiger partial charge >= 0.3 is 5.97 Å². The number of carboxylic acid groups (broad SMARTS) is 1. The van der Waals surface area contributed by atoms with Crippen molar-refractivity contribution in [2.45, 2.75) is 32.6 Å². The van der Waals surface area contributed by atoms with Gasteiger partial charge in [0, 0.05) is 31.0 Å². The molecule has 0 saturated carbocycles. The largest absolute Gasteiger partial charge is 0.481 e. The molecule has 0 bridgehead atoms. The quantitative estimate of drug-likeness (QED) is 0.888. The topological polar surface area (TPSA) is 66.3 Å². The summed E-state index contributed by atoms with van der Waals surface area (Å²) >= 11 is 1.38. The van der Waals surface area contributed by atoms with Crippen LogP contribution in [0.15, 0.2) is 0 Å². The van der Waals surface area contributed by atoms with Crippen LogP contribution in [0.5, 0.6) is 0 Å². The van der Waals surface area contributed by atoms with Gasteiger partial charge in [0.1, 0.15) is 5.82 Å². The lowest BCUT2D eigenvalue weighted by atomic mass is 9.99. The maximum atomic E-state index is 11.0. The maximum Gasteiger partial charge on any atom is 0.308 e. The average Bonchev–Trinajstić information content (AvgIpc) is 2.78. The second-order valence-corrected chi connectivity index (χ2v) is 5.10. The van der Waals surface area contributed by atoms with Gasteiger partial charge in [-0.25, -0.2) is 4.98 Å². The predicted octanol–water partition coefficient (Wildman–Crippen LogP) is 1.79. The molecule has 1 aliphatic rings. The number of carboxylic acids is 1. The van der Waals surface area contributed by atoms with Crippen molar-refractivity contribution in [3.05, 3.63) is 5.82 Å². The fourth-order valence-corrected chi connectivity index (χ4v) is 2.80. The number of aromatic nitrogens is 2.